The summed E-state index contributed by atoms with van der Waals surface area (Å²) in [6.07, 6.45) is 7.91. The van der Waals surface area contributed by atoms with E-state index in [1.165, 1.54) is 36.8 Å². The number of allylic oxidation sites excluding steroid dienone is 2. The maximum atomic E-state index is 13.2. The predicted molar refractivity (Wildman–Crippen MR) is 77.3 cm³/mol. The lowest BCUT2D eigenvalue weighted by Gasteiger charge is -2.35. The van der Waals surface area contributed by atoms with Crippen LogP contribution < -0.4 is 0 Å². The summed E-state index contributed by atoms with van der Waals surface area (Å²) in [4.78, 5) is 0. The molecule has 0 atom stereocenters. The van der Waals surface area contributed by atoms with E-state index in [1.807, 2.05) is 6.07 Å². The van der Waals surface area contributed by atoms with Gasteiger partial charge in [-0.1, -0.05) is 24.3 Å². The number of hydrogen-bond acceptors (Lipinski definition) is 0. The second-order valence-corrected chi connectivity index (χ2v) is 5.94. The van der Waals surface area contributed by atoms with E-state index in [1.54, 1.807) is 12.1 Å². The Morgan fingerprint density at radius 2 is 1.58 bits per heavy atom. The van der Waals surface area contributed by atoms with Gasteiger partial charge in [0.1, 0.15) is 5.82 Å². The minimum absolute atomic E-state index is 0.156. The Labute approximate surface area is 112 Å². The lowest BCUT2D eigenvalue weighted by atomic mass is 9.70. The molecule has 5 rings (SSSR count). The van der Waals surface area contributed by atoms with E-state index >= 15 is 0 Å². The van der Waals surface area contributed by atoms with Gasteiger partial charge in [0, 0.05) is 0 Å². The van der Waals surface area contributed by atoms with Gasteiger partial charge in [-0.05, 0) is 77.6 Å². The molecule has 19 heavy (non-hydrogen) atoms. The highest BCUT2D eigenvalue weighted by molar-refractivity contribution is 5.86. The summed E-state index contributed by atoms with van der Waals surface area (Å²) in [6, 6.07) is 11.5. The second-order valence-electron chi connectivity index (χ2n) is 5.94. The molecule has 1 saturated carbocycles. The molecule has 2 aromatic rings. The average molecular weight is 252 g/mol. The third kappa shape index (κ3) is 1.88. The topological polar surface area (TPSA) is 0 Å². The molecule has 2 bridgehead atoms. The first kappa shape index (κ1) is 11.2. The Morgan fingerprint density at radius 1 is 0.842 bits per heavy atom. The molecule has 96 valence electrons. The van der Waals surface area contributed by atoms with Crippen LogP contribution in [-0.2, 0) is 0 Å². The minimum Gasteiger partial charge on any atom is -0.207 e. The second kappa shape index (κ2) is 4.19. The van der Waals surface area contributed by atoms with Crippen LogP contribution in [0.3, 0.4) is 0 Å². The number of fused-ring (bicyclic) bond motifs is 3. The van der Waals surface area contributed by atoms with E-state index in [9.17, 15) is 4.39 Å². The highest BCUT2D eigenvalue weighted by Crippen LogP contribution is 2.45. The molecule has 0 heterocycles. The van der Waals surface area contributed by atoms with Crippen LogP contribution in [0.1, 0.15) is 31.2 Å². The lowest BCUT2D eigenvalue weighted by molar-refractivity contribution is 0.340. The molecule has 0 aromatic heterocycles. The van der Waals surface area contributed by atoms with Gasteiger partial charge in [-0.3, -0.25) is 0 Å². The van der Waals surface area contributed by atoms with Gasteiger partial charge in [-0.25, -0.2) is 4.39 Å². The van der Waals surface area contributed by atoms with Crippen LogP contribution in [0.15, 0.2) is 42.5 Å². The Hall–Kier alpha value is -1.63. The molecule has 0 spiro atoms. The first-order valence-corrected chi connectivity index (χ1v) is 7.21. The molecule has 0 amide bonds. The van der Waals surface area contributed by atoms with Crippen LogP contribution in [0, 0.1) is 17.7 Å². The maximum Gasteiger partial charge on any atom is 0.123 e. The van der Waals surface area contributed by atoms with E-state index < -0.39 is 0 Å². The molecule has 3 aliphatic rings. The van der Waals surface area contributed by atoms with E-state index in [4.69, 9.17) is 0 Å². The Morgan fingerprint density at radius 3 is 2.32 bits per heavy atom. The van der Waals surface area contributed by atoms with Crippen molar-refractivity contribution in [3.8, 4) is 0 Å². The summed E-state index contributed by atoms with van der Waals surface area (Å²) < 4.78 is 13.2. The van der Waals surface area contributed by atoms with Crippen LogP contribution in [0.4, 0.5) is 4.39 Å². The smallest absolute Gasteiger partial charge is 0.123 e. The number of halogens is 1. The first-order chi connectivity index (χ1) is 9.29. The fourth-order valence-corrected chi connectivity index (χ4v) is 3.71. The number of hydrogen-bond donors (Lipinski definition) is 0. The Bertz CT molecular complexity index is 660. The van der Waals surface area contributed by atoms with Gasteiger partial charge in [-0.15, -0.1) is 0 Å². The molecular weight excluding hydrogens is 235 g/mol. The van der Waals surface area contributed by atoms with Gasteiger partial charge in [0.2, 0.25) is 0 Å². The van der Waals surface area contributed by atoms with Crippen LogP contribution in [0.5, 0.6) is 0 Å². The quantitative estimate of drug-likeness (QED) is 0.655. The number of rotatable bonds is 1. The van der Waals surface area contributed by atoms with Crippen molar-refractivity contribution in [3.05, 3.63) is 53.9 Å². The minimum atomic E-state index is -0.156. The van der Waals surface area contributed by atoms with E-state index in [0.29, 0.717) is 0 Å². The zero-order valence-electron chi connectivity index (χ0n) is 10.9. The third-order valence-electron chi connectivity index (χ3n) is 4.76. The zero-order chi connectivity index (χ0) is 12.8. The molecular formula is C18H17F. The van der Waals surface area contributed by atoms with Crippen molar-refractivity contribution in [3.63, 3.8) is 0 Å². The van der Waals surface area contributed by atoms with E-state index in [2.05, 4.69) is 24.3 Å². The monoisotopic (exact) mass is 252 g/mol. The van der Waals surface area contributed by atoms with Crippen molar-refractivity contribution in [2.45, 2.75) is 25.7 Å². The average Bonchev–Trinajstić information content (AvgIpc) is 2.48. The van der Waals surface area contributed by atoms with Crippen LogP contribution in [0.25, 0.3) is 16.3 Å². The summed E-state index contributed by atoms with van der Waals surface area (Å²) in [7, 11) is 0. The SMILES string of the molecule is Fc1ccc2cc(C3=CC4CCC3CC4)ccc2c1. The maximum absolute atomic E-state index is 13.2. The normalized spacial score (nSPS) is 25.6. The van der Waals surface area contributed by atoms with Crippen molar-refractivity contribution >= 4 is 16.3 Å². The van der Waals surface area contributed by atoms with Crippen molar-refractivity contribution in [1.29, 1.82) is 0 Å². The summed E-state index contributed by atoms with van der Waals surface area (Å²) in [5.74, 6) is 1.39. The molecule has 3 aliphatic carbocycles. The third-order valence-corrected chi connectivity index (χ3v) is 4.76. The summed E-state index contributed by atoms with van der Waals surface area (Å²) in [5, 5.41) is 2.13. The summed E-state index contributed by atoms with van der Waals surface area (Å²) in [5.41, 5.74) is 2.88. The lowest BCUT2D eigenvalue weighted by Crippen LogP contribution is -2.20. The molecule has 0 aliphatic heterocycles. The van der Waals surface area contributed by atoms with Gasteiger partial charge < -0.3 is 0 Å². The van der Waals surface area contributed by atoms with Gasteiger partial charge >= 0.3 is 0 Å². The van der Waals surface area contributed by atoms with Crippen LogP contribution in [-0.4, -0.2) is 0 Å². The highest BCUT2D eigenvalue weighted by Gasteiger charge is 2.29. The summed E-state index contributed by atoms with van der Waals surface area (Å²) >= 11 is 0. The molecule has 0 nitrogen and oxygen atoms in total. The Kier molecular flexibility index (Phi) is 2.48. The van der Waals surface area contributed by atoms with E-state index in [0.717, 1.165) is 22.6 Å². The molecule has 0 N–H and O–H groups in total. The molecule has 0 saturated heterocycles. The van der Waals surface area contributed by atoms with Gasteiger partial charge in [0.25, 0.3) is 0 Å². The molecule has 1 fully saturated rings. The van der Waals surface area contributed by atoms with E-state index in [-0.39, 0.29) is 5.82 Å². The van der Waals surface area contributed by atoms with Gasteiger partial charge in [-0.2, -0.15) is 0 Å². The molecule has 1 heteroatoms. The largest absolute Gasteiger partial charge is 0.207 e. The molecule has 0 unspecified atom stereocenters. The zero-order valence-corrected chi connectivity index (χ0v) is 10.9. The fourth-order valence-electron chi connectivity index (χ4n) is 3.71. The van der Waals surface area contributed by atoms with Crippen molar-refractivity contribution < 1.29 is 4.39 Å². The summed E-state index contributed by atoms with van der Waals surface area (Å²) in [6.45, 7) is 0. The van der Waals surface area contributed by atoms with Crippen LogP contribution >= 0.6 is 0 Å². The van der Waals surface area contributed by atoms with Crippen molar-refractivity contribution in [1.82, 2.24) is 0 Å². The first-order valence-electron chi connectivity index (χ1n) is 7.21. The molecule has 2 aromatic carbocycles. The predicted octanol–water partition coefficient (Wildman–Crippen LogP) is 5.18. The van der Waals surface area contributed by atoms with Crippen molar-refractivity contribution in [2.75, 3.05) is 0 Å². The van der Waals surface area contributed by atoms with Gasteiger partial charge in [0.15, 0.2) is 0 Å². The fraction of sp³-hybridized carbons (Fsp3) is 0.333. The van der Waals surface area contributed by atoms with Crippen LogP contribution in [0.2, 0.25) is 0 Å². The highest BCUT2D eigenvalue weighted by atomic mass is 19.1. The van der Waals surface area contributed by atoms with Crippen molar-refractivity contribution in [2.24, 2.45) is 11.8 Å². The van der Waals surface area contributed by atoms with Gasteiger partial charge in [0.05, 0.1) is 0 Å². The Balaban J connectivity index is 1.81. The standard InChI is InChI=1S/C18H17F/c19-17-8-7-14-10-16(6-5-15(14)11-17)18-9-12-1-3-13(18)4-2-12/h5-13H,1-4H2. The number of benzene rings is 2. The molecule has 0 radical (unpaired) electrons.